The van der Waals surface area contributed by atoms with Crippen LogP contribution in [0.25, 0.3) is 6.08 Å². The van der Waals surface area contributed by atoms with Crippen LogP contribution in [-0.4, -0.2) is 0 Å². The first kappa shape index (κ1) is 10.3. The van der Waals surface area contributed by atoms with E-state index >= 15 is 0 Å². The minimum Gasteiger partial charge on any atom is -0.0622 e. The predicted molar refractivity (Wildman–Crippen MR) is 72.8 cm³/mol. The highest BCUT2D eigenvalue weighted by Crippen LogP contribution is 2.54. The van der Waals surface area contributed by atoms with Crippen LogP contribution >= 0.6 is 0 Å². The van der Waals surface area contributed by atoms with Gasteiger partial charge in [0.2, 0.25) is 0 Å². The quantitative estimate of drug-likeness (QED) is 0.702. The van der Waals surface area contributed by atoms with Crippen LogP contribution in [0, 0.1) is 0 Å². The summed E-state index contributed by atoms with van der Waals surface area (Å²) in [6, 6.07) is 21.4. The van der Waals surface area contributed by atoms with Crippen molar-refractivity contribution in [3.63, 3.8) is 0 Å². The number of hydrogen-bond acceptors (Lipinski definition) is 0. The van der Waals surface area contributed by atoms with Crippen LogP contribution < -0.4 is 0 Å². The van der Waals surface area contributed by atoms with Gasteiger partial charge in [0.05, 0.1) is 0 Å². The highest BCUT2D eigenvalue weighted by Gasteiger charge is 2.45. The summed E-state index contributed by atoms with van der Waals surface area (Å²) < 4.78 is 0. The number of rotatable bonds is 2. The first-order valence-corrected chi connectivity index (χ1v) is 6.11. The number of hydrogen-bond donors (Lipinski definition) is 0. The molecule has 0 heteroatoms. The van der Waals surface area contributed by atoms with E-state index in [4.69, 9.17) is 0 Å². The molecule has 1 saturated carbocycles. The van der Waals surface area contributed by atoms with Gasteiger partial charge in [-0.15, -0.1) is 0 Å². The molecule has 0 aliphatic heterocycles. The molecule has 1 unspecified atom stereocenters. The van der Waals surface area contributed by atoms with Gasteiger partial charge < -0.3 is 0 Å². The third kappa shape index (κ3) is 1.91. The molecule has 0 spiro atoms. The van der Waals surface area contributed by atoms with Crippen LogP contribution in [-0.2, 0) is 5.41 Å². The van der Waals surface area contributed by atoms with Crippen LogP contribution in [0.3, 0.4) is 0 Å². The van der Waals surface area contributed by atoms with Crippen LogP contribution in [0.1, 0.15) is 24.5 Å². The SMILES string of the molecule is CC1(c2ccccc2)CC1=Cc1ccccc1. The Morgan fingerprint density at radius 2 is 1.47 bits per heavy atom. The lowest BCUT2D eigenvalue weighted by Crippen LogP contribution is -1.99. The molecule has 0 bridgehead atoms. The van der Waals surface area contributed by atoms with Crippen molar-refractivity contribution in [2.45, 2.75) is 18.8 Å². The van der Waals surface area contributed by atoms with Crippen LogP contribution in [0.5, 0.6) is 0 Å². The number of benzene rings is 2. The third-order valence-electron chi connectivity index (χ3n) is 3.68. The lowest BCUT2D eigenvalue weighted by molar-refractivity contribution is 0.822. The normalized spacial score (nSPS) is 24.9. The fourth-order valence-corrected chi connectivity index (χ4v) is 2.39. The van der Waals surface area contributed by atoms with Crippen molar-refractivity contribution < 1.29 is 0 Å². The van der Waals surface area contributed by atoms with Gasteiger partial charge in [0.1, 0.15) is 0 Å². The van der Waals surface area contributed by atoms with Gasteiger partial charge in [-0.1, -0.05) is 79.2 Å². The maximum Gasteiger partial charge on any atom is 0.0174 e. The van der Waals surface area contributed by atoms with Crippen molar-refractivity contribution in [2.75, 3.05) is 0 Å². The van der Waals surface area contributed by atoms with Crippen LogP contribution in [0.2, 0.25) is 0 Å². The summed E-state index contributed by atoms with van der Waals surface area (Å²) in [6.07, 6.45) is 3.51. The molecule has 2 aromatic rings. The summed E-state index contributed by atoms with van der Waals surface area (Å²) in [5.41, 5.74) is 4.55. The van der Waals surface area contributed by atoms with Gasteiger partial charge in [-0.05, 0) is 17.5 Å². The van der Waals surface area contributed by atoms with Gasteiger partial charge in [0, 0.05) is 5.41 Å². The molecule has 1 atom stereocenters. The Bertz CT molecular complexity index is 537. The molecule has 0 amide bonds. The molecule has 1 aliphatic carbocycles. The van der Waals surface area contributed by atoms with Crippen LogP contribution in [0.15, 0.2) is 66.2 Å². The standard InChI is InChI=1S/C17H16/c1-17(15-10-6-3-7-11-15)13-16(17)12-14-8-4-2-5-9-14/h2-12H,13H2,1H3. The lowest BCUT2D eigenvalue weighted by atomic mass is 9.97. The predicted octanol–water partition coefficient (Wildman–Crippen LogP) is 4.43. The molecule has 0 N–H and O–H groups in total. The molecular weight excluding hydrogens is 204 g/mol. The Balaban J connectivity index is 1.89. The molecule has 84 valence electrons. The highest BCUT2D eigenvalue weighted by atomic mass is 14.5. The van der Waals surface area contributed by atoms with Crippen molar-refractivity contribution in [1.82, 2.24) is 0 Å². The molecule has 0 aromatic heterocycles. The number of allylic oxidation sites excluding steroid dienone is 1. The second kappa shape index (κ2) is 3.89. The zero-order valence-electron chi connectivity index (χ0n) is 10.1. The largest absolute Gasteiger partial charge is 0.0622 e. The second-order valence-electron chi connectivity index (χ2n) is 4.96. The van der Waals surface area contributed by atoms with Crippen molar-refractivity contribution in [3.05, 3.63) is 77.4 Å². The average Bonchev–Trinajstić information content (AvgIpc) is 3.04. The molecule has 3 rings (SSSR count). The smallest absolute Gasteiger partial charge is 0.0174 e. The minimum absolute atomic E-state index is 0.275. The fourth-order valence-electron chi connectivity index (χ4n) is 2.39. The molecular formula is C17H16. The van der Waals surface area contributed by atoms with E-state index in [-0.39, 0.29) is 5.41 Å². The van der Waals surface area contributed by atoms with E-state index in [1.54, 1.807) is 0 Å². The Morgan fingerprint density at radius 3 is 2.12 bits per heavy atom. The monoisotopic (exact) mass is 220 g/mol. The summed E-state index contributed by atoms with van der Waals surface area (Å²) >= 11 is 0. The fraction of sp³-hybridized carbons (Fsp3) is 0.176. The summed E-state index contributed by atoms with van der Waals surface area (Å²) in [4.78, 5) is 0. The topological polar surface area (TPSA) is 0 Å². The van der Waals surface area contributed by atoms with Gasteiger partial charge in [-0.3, -0.25) is 0 Å². The first-order chi connectivity index (χ1) is 8.29. The highest BCUT2D eigenvalue weighted by molar-refractivity contribution is 5.64. The minimum atomic E-state index is 0.275. The molecule has 0 radical (unpaired) electrons. The molecule has 17 heavy (non-hydrogen) atoms. The second-order valence-corrected chi connectivity index (χ2v) is 4.96. The van der Waals surface area contributed by atoms with E-state index in [1.165, 1.54) is 23.1 Å². The van der Waals surface area contributed by atoms with Gasteiger partial charge in [0.15, 0.2) is 0 Å². The third-order valence-corrected chi connectivity index (χ3v) is 3.68. The van der Waals surface area contributed by atoms with E-state index in [0.717, 1.165) is 0 Å². The molecule has 1 fully saturated rings. The first-order valence-electron chi connectivity index (χ1n) is 6.11. The van der Waals surface area contributed by atoms with E-state index in [0.29, 0.717) is 0 Å². The van der Waals surface area contributed by atoms with Gasteiger partial charge in [-0.25, -0.2) is 0 Å². The van der Waals surface area contributed by atoms with E-state index in [2.05, 4.69) is 73.7 Å². The zero-order valence-corrected chi connectivity index (χ0v) is 10.1. The lowest BCUT2D eigenvalue weighted by Gasteiger charge is -2.07. The Hall–Kier alpha value is -1.82. The van der Waals surface area contributed by atoms with Gasteiger partial charge in [0.25, 0.3) is 0 Å². The summed E-state index contributed by atoms with van der Waals surface area (Å²) in [6.45, 7) is 2.33. The Kier molecular flexibility index (Phi) is 2.36. The molecule has 0 saturated heterocycles. The summed E-state index contributed by atoms with van der Waals surface area (Å²) in [5, 5.41) is 0. The molecule has 2 aromatic carbocycles. The molecule has 0 heterocycles. The zero-order chi connectivity index (χ0) is 11.7. The Morgan fingerprint density at radius 1 is 0.882 bits per heavy atom. The maximum atomic E-state index is 2.33. The van der Waals surface area contributed by atoms with Gasteiger partial charge in [-0.2, -0.15) is 0 Å². The van der Waals surface area contributed by atoms with Gasteiger partial charge >= 0.3 is 0 Å². The van der Waals surface area contributed by atoms with Crippen molar-refractivity contribution >= 4 is 6.08 Å². The van der Waals surface area contributed by atoms with E-state index in [9.17, 15) is 0 Å². The van der Waals surface area contributed by atoms with Crippen molar-refractivity contribution in [3.8, 4) is 0 Å². The Labute approximate surface area is 103 Å². The van der Waals surface area contributed by atoms with E-state index < -0.39 is 0 Å². The van der Waals surface area contributed by atoms with Crippen molar-refractivity contribution in [2.24, 2.45) is 0 Å². The average molecular weight is 220 g/mol. The van der Waals surface area contributed by atoms with Crippen LogP contribution in [0.4, 0.5) is 0 Å². The van der Waals surface area contributed by atoms with Crippen molar-refractivity contribution in [1.29, 1.82) is 0 Å². The maximum absolute atomic E-state index is 2.33. The molecule has 0 nitrogen and oxygen atoms in total. The molecule has 1 aliphatic rings. The van der Waals surface area contributed by atoms with E-state index in [1.807, 2.05) is 0 Å². The summed E-state index contributed by atoms with van der Waals surface area (Å²) in [7, 11) is 0. The summed E-state index contributed by atoms with van der Waals surface area (Å²) in [5.74, 6) is 0.